The molecule has 1 heterocycles. The number of rotatable bonds is 7. The summed E-state index contributed by atoms with van der Waals surface area (Å²) in [6.45, 7) is 2.80. The van der Waals surface area contributed by atoms with Crippen molar-refractivity contribution < 1.29 is 4.74 Å². The van der Waals surface area contributed by atoms with Crippen molar-refractivity contribution in [2.45, 2.75) is 25.4 Å². The zero-order valence-corrected chi connectivity index (χ0v) is 13.7. The van der Waals surface area contributed by atoms with Gasteiger partial charge >= 0.3 is 0 Å². The van der Waals surface area contributed by atoms with Crippen LogP contribution in [0.1, 0.15) is 18.4 Å². The number of hydrogen-bond donors (Lipinski definition) is 0. The average molecular weight is 352 g/mol. The molecule has 1 aromatic heterocycles. The second-order valence-electron chi connectivity index (χ2n) is 5.14. The molecule has 4 heteroatoms. The molecule has 1 fully saturated rings. The molecule has 2 aromatic rings. The van der Waals surface area contributed by atoms with Gasteiger partial charge in [0.25, 0.3) is 0 Å². The lowest BCUT2D eigenvalue weighted by molar-refractivity contribution is 0.195. The van der Waals surface area contributed by atoms with Crippen LogP contribution in [0, 0.1) is 0 Å². The Hall–Kier alpha value is -0.840. The minimum Gasteiger partial charge on any atom is -0.492 e. The van der Waals surface area contributed by atoms with Gasteiger partial charge in [-0.25, -0.2) is 0 Å². The monoisotopic (exact) mass is 351 g/mol. The summed E-state index contributed by atoms with van der Waals surface area (Å²) in [6, 6.07) is 11.0. The van der Waals surface area contributed by atoms with Crippen molar-refractivity contribution in [3.8, 4) is 5.75 Å². The second kappa shape index (κ2) is 6.74. The van der Waals surface area contributed by atoms with E-state index < -0.39 is 0 Å². The first-order chi connectivity index (χ1) is 9.81. The Labute approximate surface area is 132 Å². The zero-order valence-electron chi connectivity index (χ0n) is 11.3. The van der Waals surface area contributed by atoms with Crippen molar-refractivity contribution in [3.05, 3.63) is 51.1 Å². The summed E-state index contributed by atoms with van der Waals surface area (Å²) < 4.78 is 6.91. The van der Waals surface area contributed by atoms with E-state index in [9.17, 15) is 0 Å². The highest BCUT2D eigenvalue weighted by Crippen LogP contribution is 2.28. The Bertz CT molecular complexity index is 522. The maximum Gasteiger partial charge on any atom is 0.119 e. The third-order valence-corrected chi connectivity index (χ3v) is 4.75. The minimum absolute atomic E-state index is 0.752. The van der Waals surface area contributed by atoms with Crippen molar-refractivity contribution in [2.75, 3.05) is 13.2 Å². The molecule has 0 bridgehead atoms. The highest BCUT2D eigenvalue weighted by atomic mass is 79.9. The third-order valence-electron chi connectivity index (χ3n) is 3.49. The van der Waals surface area contributed by atoms with Crippen molar-refractivity contribution in [3.63, 3.8) is 0 Å². The van der Waals surface area contributed by atoms with Crippen molar-refractivity contribution >= 4 is 27.3 Å². The first-order valence-corrected chi connectivity index (χ1v) is 8.68. The van der Waals surface area contributed by atoms with E-state index in [-0.39, 0.29) is 0 Å². The van der Waals surface area contributed by atoms with Gasteiger partial charge in [-0.1, -0.05) is 15.9 Å². The van der Waals surface area contributed by atoms with Gasteiger partial charge in [0.2, 0.25) is 0 Å². The molecule has 20 heavy (non-hydrogen) atoms. The molecule has 2 nitrogen and oxygen atoms in total. The van der Waals surface area contributed by atoms with E-state index in [2.05, 4.69) is 37.7 Å². The number of halogens is 1. The van der Waals surface area contributed by atoms with Crippen LogP contribution < -0.4 is 4.74 Å². The van der Waals surface area contributed by atoms with Gasteiger partial charge in [0, 0.05) is 23.6 Å². The van der Waals surface area contributed by atoms with Gasteiger partial charge in [-0.3, -0.25) is 4.90 Å². The third kappa shape index (κ3) is 4.08. The Kier molecular flexibility index (Phi) is 4.76. The van der Waals surface area contributed by atoms with Crippen LogP contribution in [0.5, 0.6) is 5.75 Å². The van der Waals surface area contributed by atoms with Crippen LogP contribution >= 0.6 is 27.3 Å². The Morgan fingerprint density at radius 3 is 2.65 bits per heavy atom. The molecule has 3 rings (SSSR count). The standard InChI is InChI=1S/C16H18BrNOS/c17-14-1-5-16(6-2-14)19-9-8-18(15-3-4-15)11-13-7-10-20-12-13/h1-2,5-7,10,12,15H,3-4,8-9,11H2. The van der Waals surface area contributed by atoms with E-state index in [1.807, 2.05) is 24.3 Å². The van der Waals surface area contributed by atoms with Crippen LogP contribution in [-0.4, -0.2) is 24.1 Å². The first kappa shape index (κ1) is 14.1. The van der Waals surface area contributed by atoms with Gasteiger partial charge in [-0.05, 0) is 59.5 Å². The van der Waals surface area contributed by atoms with E-state index in [4.69, 9.17) is 4.74 Å². The Morgan fingerprint density at radius 2 is 2.00 bits per heavy atom. The number of hydrogen-bond acceptors (Lipinski definition) is 3. The fourth-order valence-corrected chi connectivity index (χ4v) is 3.18. The predicted octanol–water partition coefficient (Wildman–Crippen LogP) is 4.55. The summed E-state index contributed by atoms with van der Waals surface area (Å²) in [5, 5.41) is 4.39. The number of benzene rings is 1. The average Bonchev–Trinajstić information content (AvgIpc) is 3.18. The molecule has 1 aliphatic rings. The SMILES string of the molecule is Brc1ccc(OCCN(Cc2ccsc2)C2CC2)cc1. The summed E-state index contributed by atoms with van der Waals surface area (Å²) in [4.78, 5) is 2.54. The number of thiophene rings is 1. The molecule has 0 unspecified atom stereocenters. The van der Waals surface area contributed by atoms with E-state index in [0.717, 1.165) is 36.0 Å². The highest BCUT2D eigenvalue weighted by Gasteiger charge is 2.28. The van der Waals surface area contributed by atoms with Crippen LogP contribution in [0.2, 0.25) is 0 Å². The molecule has 1 aliphatic carbocycles. The minimum atomic E-state index is 0.752. The van der Waals surface area contributed by atoms with Crippen LogP contribution in [-0.2, 0) is 6.54 Å². The van der Waals surface area contributed by atoms with E-state index >= 15 is 0 Å². The van der Waals surface area contributed by atoms with Crippen molar-refractivity contribution in [1.82, 2.24) is 4.90 Å². The van der Waals surface area contributed by atoms with Crippen LogP contribution in [0.4, 0.5) is 0 Å². The van der Waals surface area contributed by atoms with Crippen molar-refractivity contribution in [1.29, 1.82) is 0 Å². The first-order valence-electron chi connectivity index (χ1n) is 6.95. The number of ether oxygens (including phenoxy) is 1. The smallest absolute Gasteiger partial charge is 0.119 e. The maximum absolute atomic E-state index is 5.83. The molecular formula is C16H18BrNOS. The summed E-state index contributed by atoms with van der Waals surface area (Å²) in [5.41, 5.74) is 1.42. The highest BCUT2D eigenvalue weighted by molar-refractivity contribution is 9.10. The second-order valence-corrected chi connectivity index (χ2v) is 6.83. The molecule has 0 aliphatic heterocycles. The fraction of sp³-hybridized carbons (Fsp3) is 0.375. The molecule has 0 radical (unpaired) electrons. The lowest BCUT2D eigenvalue weighted by Gasteiger charge is -2.21. The summed E-state index contributed by atoms with van der Waals surface area (Å²) >= 11 is 5.21. The quantitative estimate of drug-likeness (QED) is 0.725. The topological polar surface area (TPSA) is 12.5 Å². The molecule has 0 N–H and O–H groups in total. The normalized spacial score (nSPS) is 14.7. The van der Waals surface area contributed by atoms with Crippen LogP contribution in [0.15, 0.2) is 45.6 Å². The molecule has 106 valence electrons. The molecular weight excluding hydrogens is 334 g/mol. The fourth-order valence-electron chi connectivity index (χ4n) is 2.26. The molecule has 1 saturated carbocycles. The van der Waals surface area contributed by atoms with Crippen LogP contribution in [0.25, 0.3) is 0 Å². The van der Waals surface area contributed by atoms with Gasteiger partial charge in [0.05, 0.1) is 0 Å². The molecule has 0 atom stereocenters. The van der Waals surface area contributed by atoms with E-state index in [0.29, 0.717) is 0 Å². The molecule has 0 spiro atoms. The van der Waals surface area contributed by atoms with Gasteiger partial charge in [-0.15, -0.1) is 0 Å². The predicted molar refractivity (Wildman–Crippen MR) is 87.4 cm³/mol. The molecule has 0 amide bonds. The summed E-state index contributed by atoms with van der Waals surface area (Å²) in [5.74, 6) is 0.944. The van der Waals surface area contributed by atoms with Crippen molar-refractivity contribution in [2.24, 2.45) is 0 Å². The maximum atomic E-state index is 5.83. The largest absolute Gasteiger partial charge is 0.492 e. The van der Waals surface area contributed by atoms with Gasteiger partial charge in [0.1, 0.15) is 12.4 Å². The van der Waals surface area contributed by atoms with Gasteiger partial charge in [-0.2, -0.15) is 11.3 Å². The Morgan fingerprint density at radius 1 is 1.20 bits per heavy atom. The van der Waals surface area contributed by atoms with E-state index in [1.54, 1.807) is 11.3 Å². The molecule has 1 aromatic carbocycles. The van der Waals surface area contributed by atoms with Gasteiger partial charge in [0.15, 0.2) is 0 Å². The number of nitrogens with zero attached hydrogens (tertiary/aromatic N) is 1. The summed E-state index contributed by atoms with van der Waals surface area (Å²) in [6.07, 6.45) is 2.67. The van der Waals surface area contributed by atoms with Gasteiger partial charge < -0.3 is 4.74 Å². The lowest BCUT2D eigenvalue weighted by Crippen LogP contribution is -2.30. The Balaban J connectivity index is 1.48. The van der Waals surface area contributed by atoms with Crippen LogP contribution in [0.3, 0.4) is 0 Å². The zero-order chi connectivity index (χ0) is 13.8. The lowest BCUT2D eigenvalue weighted by atomic mass is 10.3. The molecule has 0 saturated heterocycles. The summed E-state index contributed by atoms with van der Waals surface area (Å²) in [7, 11) is 0. The van der Waals surface area contributed by atoms with E-state index in [1.165, 1.54) is 18.4 Å².